The van der Waals surface area contributed by atoms with Crippen molar-refractivity contribution in [3.8, 4) is 0 Å². The summed E-state index contributed by atoms with van der Waals surface area (Å²) in [5.74, 6) is 0.644. The summed E-state index contributed by atoms with van der Waals surface area (Å²) >= 11 is 0. The fraction of sp³-hybridized carbons (Fsp3) is 1.00. The smallest absolute Gasteiger partial charge is 0.0589 e. The Bertz CT molecular complexity index is 206. The van der Waals surface area contributed by atoms with E-state index in [2.05, 4.69) is 25.8 Å². The average Bonchev–Trinajstić information content (AvgIpc) is 2.20. The van der Waals surface area contributed by atoms with E-state index < -0.39 is 0 Å². The van der Waals surface area contributed by atoms with E-state index in [0.29, 0.717) is 17.4 Å². The molecule has 1 fully saturated rings. The molecule has 0 aromatic carbocycles. The fourth-order valence-corrected chi connectivity index (χ4v) is 2.70. The predicted octanol–water partition coefficient (Wildman–Crippen LogP) is 1.72. The quantitative estimate of drug-likeness (QED) is 0.778. The van der Waals surface area contributed by atoms with Gasteiger partial charge >= 0.3 is 0 Å². The second-order valence-electron chi connectivity index (χ2n) is 6.09. The Balaban J connectivity index is 2.38. The molecule has 0 aromatic heterocycles. The minimum absolute atomic E-state index is 0.387. The van der Waals surface area contributed by atoms with Crippen LogP contribution in [-0.4, -0.2) is 44.8 Å². The second kappa shape index (κ2) is 5.99. The number of methoxy groups -OCH3 is 1. The first-order valence-corrected chi connectivity index (χ1v) is 6.38. The van der Waals surface area contributed by atoms with Crippen molar-refractivity contribution in [1.82, 2.24) is 4.90 Å². The standard InChI is InChI=1S/C13H28N2O/c1-13(2)6-5-12(14)11(9-13)10-15(3)7-8-16-4/h11-12H,5-10,14H2,1-4H3. The monoisotopic (exact) mass is 228 g/mol. The maximum Gasteiger partial charge on any atom is 0.0589 e. The van der Waals surface area contributed by atoms with Gasteiger partial charge in [-0.15, -0.1) is 0 Å². The maximum absolute atomic E-state index is 6.22. The van der Waals surface area contributed by atoms with Crippen molar-refractivity contribution >= 4 is 0 Å². The van der Waals surface area contributed by atoms with Crippen LogP contribution < -0.4 is 5.73 Å². The Morgan fingerprint density at radius 3 is 2.75 bits per heavy atom. The molecule has 2 atom stereocenters. The summed E-state index contributed by atoms with van der Waals surface area (Å²) in [6.07, 6.45) is 3.70. The van der Waals surface area contributed by atoms with Crippen LogP contribution in [0.4, 0.5) is 0 Å². The van der Waals surface area contributed by atoms with E-state index in [-0.39, 0.29) is 0 Å². The van der Waals surface area contributed by atoms with E-state index in [0.717, 1.165) is 19.7 Å². The molecule has 0 aliphatic heterocycles. The lowest BCUT2D eigenvalue weighted by Gasteiger charge is -2.40. The van der Waals surface area contributed by atoms with Crippen molar-refractivity contribution in [2.75, 3.05) is 33.9 Å². The lowest BCUT2D eigenvalue weighted by molar-refractivity contribution is 0.106. The molecule has 16 heavy (non-hydrogen) atoms. The van der Waals surface area contributed by atoms with Crippen LogP contribution in [0.2, 0.25) is 0 Å². The van der Waals surface area contributed by atoms with Gasteiger partial charge in [-0.25, -0.2) is 0 Å². The van der Waals surface area contributed by atoms with Gasteiger partial charge in [0.25, 0.3) is 0 Å². The summed E-state index contributed by atoms with van der Waals surface area (Å²) in [7, 11) is 3.91. The first kappa shape index (κ1) is 13.9. The van der Waals surface area contributed by atoms with Crippen LogP contribution >= 0.6 is 0 Å². The first-order valence-electron chi connectivity index (χ1n) is 6.38. The van der Waals surface area contributed by atoms with E-state index >= 15 is 0 Å². The lowest BCUT2D eigenvalue weighted by Crippen LogP contribution is -2.44. The van der Waals surface area contributed by atoms with Crippen LogP contribution in [0.5, 0.6) is 0 Å². The van der Waals surface area contributed by atoms with Gasteiger partial charge in [0.2, 0.25) is 0 Å². The molecule has 3 heteroatoms. The Morgan fingerprint density at radius 2 is 2.12 bits per heavy atom. The fourth-order valence-electron chi connectivity index (χ4n) is 2.70. The number of hydrogen-bond acceptors (Lipinski definition) is 3. The first-order chi connectivity index (χ1) is 7.44. The molecule has 1 rings (SSSR count). The summed E-state index contributed by atoms with van der Waals surface area (Å²) in [4.78, 5) is 2.34. The van der Waals surface area contributed by atoms with Crippen molar-refractivity contribution in [3.05, 3.63) is 0 Å². The van der Waals surface area contributed by atoms with Crippen LogP contribution in [0.15, 0.2) is 0 Å². The Kier molecular flexibility index (Phi) is 5.22. The van der Waals surface area contributed by atoms with Crippen LogP contribution in [-0.2, 0) is 4.74 Å². The molecule has 0 radical (unpaired) electrons. The van der Waals surface area contributed by atoms with Gasteiger partial charge in [0, 0.05) is 26.2 Å². The minimum Gasteiger partial charge on any atom is -0.383 e. The van der Waals surface area contributed by atoms with Crippen molar-refractivity contribution in [2.24, 2.45) is 17.1 Å². The molecule has 2 N–H and O–H groups in total. The molecule has 3 nitrogen and oxygen atoms in total. The topological polar surface area (TPSA) is 38.5 Å². The molecule has 0 heterocycles. The van der Waals surface area contributed by atoms with Crippen LogP contribution in [0.1, 0.15) is 33.1 Å². The van der Waals surface area contributed by atoms with Crippen molar-refractivity contribution in [2.45, 2.75) is 39.2 Å². The Hall–Kier alpha value is -0.120. The molecular weight excluding hydrogens is 200 g/mol. The highest BCUT2D eigenvalue weighted by molar-refractivity contribution is 4.88. The molecule has 96 valence electrons. The third-order valence-electron chi connectivity index (χ3n) is 3.80. The van der Waals surface area contributed by atoms with E-state index in [1.54, 1.807) is 7.11 Å². The van der Waals surface area contributed by atoms with Gasteiger partial charge < -0.3 is 15.4 Å². The molecule has 0 aromatic rings. The highest BCUT2D eigenvalue weighted by Crippen LogP contribution is 2.38. The van der Waals surface area contributed by atoms with Gasteiger partial charge in [0.15, 0.2) is 0 Å². The van der Waals surface area contributed by atoms with Gasteiger partial charge in [-0.05, 0) is 37.6 Å². The summed E-state index contributed by atoms with van der Waals surface area (Å²) in [5.41, 5.74) is 6.69. The summed E-state index contributed by atoms with van der Waals surface area (Å²) < 4.78 is 5.10. The number of nitrogens with zero attached hydrogens (tertiary/aromatic N) is 1. The Labute approximate surface area is 100 Å². The Morgan fingerprint density at radius 1 is 1.44 bits per heavy atom. The van der Waals surface area contributed by atoms with Gasteiger partial charge in [-0.2, -0.15) is 0 Å². The number of ether oxygens (including phenoxy) is 1. The molecule has 2 unspecified atom stereocenters. The van der Waals surface area contributed by atoms with Crippen LogP contribution in [0, 0.1) is 11.3 Å². The zero-order valence-corrected chi connectivity index (χ0v) is 11.3. The molecule has 1 aliphatic carbocycles. The highest BCUT2D eigenvalue weighted by Gasteiger charge is 2.33. The van der Waals surface area contributed by atoms with E-state index in [9.17, 15) is 0 Å². The van der Waals surface area contributed by atoms with Crippen LogP contribution in [0.3, 0.4) is 0 Å². The number of rotatable bonds is 5. The maximum atomic E-state index is 6.22. The second-order valence-corrected chi connectivity index (χ2v) is 6.09. The zero-order chi connectivity index (χ0) is 12.2. The molecular formula is C13H28N2O. The number of nitrogens with two attached hydrogens (primary N) is 1. The van der Waals surface area contributed by atoms with Crippen molar-refractivity contribution in [3.63, 3.8) is 0 Å². The normalized spacial score (nSPS) is 29.6. The summed E-state index contributed by atoms with van der Waals surface area (Å²) in [6.45, 7) is 7.64. The molecule has 0 bridgehead atoms. The van der Waals surface area contributed by atoms with Crippen molar-refractivity contribution < 1.29 is 4.74 Å². The largest absolute Gasteiger partial charge is 0.383 e. The number of likely N-dealkylation sites (N-methyl/N-ethyl adjacent to an activating group) is 1. The van der Waals surface area contributed by atoms with Crippen LogP contribution in [0.25, 0.3) is 0 Å². The van der Waals surface area contributed by atoms with E-state index in [1.165, 1.54) is 19.3 Å². The van der Waals surface area contributed by atoms with Gasteiger partial charge in [0.1, 0.15) is 0 Å². The molecule has 0 saturated heterocycles. The third kappa shape index (κ3) is 4.40. The lowest BCUT2D eigenvalue weighted by atomic mass is 9.70. The molecule has 1 aliphatic rings. The molecule has 0 spiro atoms. The third-order valence-corrected chi connectivity index (χ3v) is 3.80. The number of hydrogen-bond donors (Lipinski definition) is 1. The van der Waals surface area contributed by atoms with E-state index in [4.69, 9.17) is 10.5 Å². The minimum atomic E-state index is 0.387. The highest BCUT2D eigenvalue weighted by atomic mass is 16.5. The van der Waals surface area contributed by atoms with E-state index in [1.807, 2.05) is 0 Å². The average molecular weight is 228 g/mol. The summed E-state index contributed by atoms with van der Waals surface area (Å²) in [5, 5.41) is 0. The predicted molar refractivity (Wildman–Crippen MR) is 68.5 cm³/mol. The zero-order valence-electron chi connectivity index (χ0n) is 11.3. The molecule has 0 amide bonds. The van der Waals surface area contributed by atoms with Crippen molar-refractivity contribution in [1.29, 1.82) is 0 Å². The van der Waals surface area contributed by atoms with Gasteiger partial charge in [-0.1, -0.05) is 13.8 Å². The summed E-state index contributed by atoms with van der Waals surface area (Å²) in [6, 6.07) is 0.387. The SMILES string of the molecule is COCCN(C)CC1CC(C)(C)CCC1N. The van der Waals surface area contributed by atoms with Gasteiger partial charge in [0.05, 0.1) is 6.61 Å². The molecule has 1 saturated carbocycles. The van der Waals surface area contributed by atoms with Gasteiger partial charge in [-0.3, -0.25) is 0 Å².